The number of hydrogen-bond donors (Lipinski definition) is 2. The highest BCUT2D eigenvalue weighted by Gasteiger charge is 2.44. The van der Waals surface area contributed by atoms with E-state index in [0.717, 1.165) is 25.1 Å². The van der Waals surface area contributed by atoms with Crippen LogP contribution in [0.2, 0.25) is 0 Å². The number of alkyl halides is 7. The number of Topliss-reactive ketones (excluding diaryl/α,β-unsaturated/α-hetero) is 1. The van der Waals surface area contributed by atoms with E-state index < -0.39 is 42.9 Å². The zero-order valence-electron chi connectivity index (χ0n) is 18.4. The quantitative estimate of drug-likeness (QED) is 0.364. The molecule has 1 fully saturated rings. The van der Waals surface area contributed by atoms with E-state index in [4.69, 9.17) is 0 Å². The van der Waals surface area contributed by atoms with Gasteiger partial charge in [0.15, 0.2) is 11.9 Å². The van der Waals surface area contributed by atoms with Gasteiger partial charge in [-0.05, 0) is 54.6 Å². The fraction of sp³-hybridized carbons (Fsp3) is 0.458. The lowest BCUT2D eigenvalue weighted by molar-refractivity contribution is -0.253. The average molecular weight is 507 g/mol. The zero-order chi connectivity index (χ0) is 25.8. The van der Waals surface area contributed by atoms with Crippen molar-refractivity contribution >= 4 is 5.78 Å². The Labute approximate surface area is 197 Å². The maximum Gasteiger partial charge on any atom is 0.461 e. The molecule has 2 N–H and O–H groups in total. The first-order valence-electron chi connectivity index (χ1n) is 10.9. The number of piperidine rings is 1. The van der Waals surface area contributed by atoms with Gasteiger partial charge in [0, 0.05) is 24.4 Å². The molecule has 0 aromatic heterocycles. The second kappa shape index (κ2) is 10.9. The lowest BCUT2D eigenvalue weighted by Gasteiger charge is -2.24. The third-order valence-electron chi connectivity index (χ3n) is 5.78. The first-order valence-corrected chi connectivity index (χ1v) is 10.9. The molecule has 2 unspecified atom stereocenters. The molecule has 0 spiro atoms. The molecule has 0 radical (unpaired) electrons. The molecule has 35 heavy (non-hydrogen) atoms. The largest absolute Gasteiger partial charge is 0.461 e. The highest BCUT2D eigenvalue weighted by molar-refractivity contribution is 5.99. The van der Waals surface area contributed by atoms with Crippen LogP contribution in [0.25, 0.3) is 0 Å². The molecule has 192 valence electrons. The monoisotopic (exact) mass is 507 g/mol. The van der Waals surface area contributed by atoms with Crippen molar-refractivity contribution in [2.45, 2.75) is 50.5 Å². The summed E-state index contributed by atoms with van der Waals surface area (Å²) in [6.45, 7) is 1.14. The lowest BCUT2D eigenvalue weighted by atomic mass is 9.84. The molecular formula is C24H24F7NO3. The Morgan fingerprint density at radius 3 is 2.46 bits per heavy atom. The maximum absolute atomic E-state index is 13.3. The van der Waals surface area contributed by atoms with E-state index >= 15 is 0 Å². The number of ether oxygens (including phenoxy) is 1. The maximum atomic E-state index is 13.3. The molecule has 1 saturated heterocycles. The molecule has 0 bridgehead atoms. The van der Waals surface area contributed by atoms with Crippen LogP contribution < -0.4 is 10.1 Å². The molecule has 11 heteroatoms. The van der Waals surface area contributed by atoms with Crippen molar-refractivity contribution < 1.29 is 45.4 Å². The summed E-state index contributed by atoms with van der Waals surface area (Å²) in [7, 11) is 0. The Hall–Kier alpha value is -2.66. The van der Waals surface area contributed by atoms with E-state index in [1.165, 1.54) is 30.3 Å². The highest BCUT2D eigenvalue weighted by Crippen LogP contribution is 2.31. The number of benzene rings is 2. The van der Waals surface area contributed by atoms with Crippen LogP contribution >= 0.6 is 0 Å². The van der Waals surface area contributed by atoms with E-state index in [0.29, 0.717) is 13.0 Å². The molecule has 0 aliphatic carbocycles. The predicted molar refractivity (Wildman–Crippen MR) is 113 cm³/mol. The summed E-state index contributed by atoms with van der Waals surface area (Å²) in [5.41, 5.74) is 0.671. The lowest BCUT2D eigenvalue weighted by Crippen LogP contribution is -2.35. The first-order chi connectivity index (χ1) is 16.4. The molecule has 2 atom stereocenters. The minimum atomic E-state index is -4.89. The molecular weight excluding hydrogens is 483 g/mol. The molecule has 4 nitrogen and oxygen atoms in total. The minimum Gasteiger partial charge on any atom is -0.428 e. The Balaban J connectivity index is 1.98. The van der Waals surface area contributed by atoms with E-state index in [2.05, 4.69) is 10.1 Å². The molecule has 1 heterocycles. The fourth-order valence-electron chi connectivity index (χ4n) is 4.01. The van der Waals surface area contributed by atoms with E-state index in [-0.39, 0.29) is 34.5 Å². The number of aliphatic hydroxyl groups is 1. The van der Waals surface area contributed by atoms with E-state index in [1.54, 1.807) is 0 Å². The third kappa shape index (κ3) is 6.94. The number of nitrogens with one attached hydrogen (secondary N) is 1. The van der Waals surface area contributed by atoms with Gasteiger partial charge < -0.3 is 15.2 Å². The van der Waals surface area contributed by atoms with Crippen LogP contribution in [0.15, 0.2) is 42.5 Å². The van der Waals surface area contributed by atoms with E-state index in [1.807, 2.05) is 0 Å². The molecule has 1 aliphatic rings. The summed E-state index contributed by atoms with van der Waals surface area (Å²) in [5, 5.41) is 12.7. The van der Waals surface area contributed by atoms with Crippen LogP contribution in [-0.2, 0) is 12.8 Å². The molecule has 3 rings (SSSR count). The highest BCUT2D eigenvalue weighted by atomic mass is 19.4. The van der Waals surface area contributed by atoms with Crippen molar-refractivity contribution in [1.82, 2.24) is 5.32 Å². The number of hydrogen-bond acceptors (Lipinski definition) is 4. The first kappa shape index (κ1) is 26.9. The van der Waals surface area contributed by atoms with Crippen molar-refractivity contribution in [1.29, 1.82) is 0 Å². The summed E-state index contributed by atoms with van der Waals surface area (Å²) in [6.07, 6.45) is -16.0. The smallest absolute Gasteiger partial charge is 0.428 e. The molecule has 0 saturated carbocycles. The van der Waals surface area contributed by atoms with Gasteiger partial charge in [0.05, 0.1) is 0 Å². The number of carbonyl (C=O) groups excluding carboxylic acids is 1. The molecule has 2 aromatic carbocycles. The van der Waals surface area contributed by atoms with Gasteiger partial charge in [-0.15, -0.1) is 0 Å². The molecule has 1 aliphatic heterocycles. The third-order valence-corrected chi connectivity index (χ3v) is 5.78. The summed E-state index contributed by atoms with van der Waals surface area (Å²) in [6, 6.07) is 9.07. The van der Waals surface area contributed by atoms with Gasteiger partial charge in [-0.25, -0.2) is 0 Å². The second-order valence-electron chi connectivity index (χ2n) is 8.40. The van der Waals surface area contributed by atoms with Crippen LogP contribution in [-0.4, -0.2) is 48.8 Å². The van der Waals surface area contributed by atoms with Gasteiger partial charge in [-0.3, -0.25) is 4.79 Å². The van der Waals surface area contributed by atoms with Crippen LogP contribution in [0.4, 0.5) is 30.7 Å². The van der Waals surface area contributed by atoms with E-state index in [9.17, 15) is 40.6 Å². The average Bonchev–Trinajstić information content (AvgIpc) is 2.79. The van der Waals surface area contributed by atoms with Gasteiger partial charge in [0.25, 0.3) is 0 Å². The minimum absolute atomic E-state index is 0.0636. The normalized spacial score (nSPS) is 17.9. The van der Waals surface area contributed by atoms with Crippen LogP contribution in [0.1, 0.15) is 39.9 Å². The zero-order valence-corrected chi connectivity index (χ0v) is 18.4. The fourth-order valence-corrected chi connectivity index (χ4v) is 4.01. The number of halogens is 7. The summed E-state index contributed by atoms with van der Waals surface area (Å²) in [5.74, 6) is -1.25. The SMILES string of the molecule is O=C(c1cccc(CC(O)C(F)(F)F)c1Cc1cccc(OC(F)(F)C(F)F)c1)C1CCCNC1. The Kier molecular flexibility index (Phi) is 8.42. The van der Waals surface area contributed by atoms with Gasteiger partial charge in [-0.2, -0.15) is 30.7 Å². The van der Waals surface area contributed by atoms with Crippen molar-refractivity contribution in [2.75, 3.05) is 13.1 Å². The van der Waals surface area contributed by atoms with Gasteiger partial charge in [0.1, 0.15) is 5.75 Å². The van der Waals surface area contributed by atoms with Crippen LogP contribution in [0, 0.1) is 5.92 Å². The van der Waals surface area contributed by atoms with Crippen LogP contribution in [0.3, 0.4) is 0 Å². The number of carbonyl (C=O) groups is 1. The predicted octanol–water partition coefficient (Wildman–Crippen LogP) is 5.16. The van der Waals surface area contributed by atoms with Gasteiger partial charge in [0.2, 0.25) is 0 Å². The van der Waals surface area contributed by atoms with Crippen molar-refractivity contribution in [2.24, 2.45) is 5.92 Å². The molecule has 0 amide bonds. The van der Waals surface area contributed by atoms with Crippen molar-refractivity contribution in [3.63, 3.8) is 0 Å². The van der Waals surface area contributed by atoms with Crippen molar-refractivity contribution in [3.05, 3.63) is 64.7 Å². The van der Waals surface area contributed by atoms with Gasteiger partial charge in [-0.1, -0.05) is 30.3 Å². The van der Waals surface area contributed by atoms with Crippen LogP contribution in [0.5, 0.6) is 5.75 Å². The Bertz CT molecular complexity index is 1020. The summed E-state index contributed by atoms with van der Waals surface area (Å²) in [4.78, 5) is 13.2. The number of aliphatic hydroxyl groups excluding tert-OH is 1. The summed E-state index contributed by atoms with van der Waals surface area (Å²) < 4.78 is 94.9. The standard InChI is InChI=1S/C24H24F7NO3/c25-22(26)24(30,31)35-17-7-1-4-14(10-17)11-19-15(12-20(33)23(27,28)29)5-2-8-18(19)21(34)16-6-3-9-32-13-16/h1-2,4-5,7-8,10,16,20,22,32-33H,3,6,9,11-13H2. The van der Waals surface area contributed by atoms with Gasteiger partial charge >= 0.3 is 18.7 Å². The Morgan fingerprint density at radius 2 is 1.83 bits per heavy atom. The number of rotatable bonds is 9. The topological polar surface area (TPSA) is 58.6 Å². The number of ketones is 1. The molecule has 2 aromatic rings. The second-order valence-corrected chi connectivity index (χ2v) is 8.40. The summed E-state index contributed by atoms with van der Waals surface area (Å²) >= 11 is 0. The van der Waals surface area contributed by atoms with Crippen molar-refractivity contribution in [3.8, 4) is 5.75 Å². The Morgan fingerprint density at radius 1 is 1.11 bits per heavy atom.